The normalized spacial score (nSPS) is 9.92. The summed E-state index contributed by atoms with van der Waals surface area (Å²) in [7, 11) is 0. The van der Waals surface area contributed by atoms with Crippen LogP contribution >= 0.6 is 0 Å². The van der Waals surface area contributed by atoms with E-state index in [1.54, 1.807) is 0 Å². The molecule has 8 heteroatoms. The van der Waals surface area contributed by atoms with Crippen LogP contribution in [0.3, 0.4) is 0 Å². The summed E-state index contributed by atoms with van der Waals surface area (Å²) in [5.74, 6) is -6.24. The van der Waals surface area contributed by atoms with Crippen molar-refractivity contribution in [3.05, 3.63) is 59.4 Å². The van der Waals surface area contributed by atoms with Crippen molar-refractivity contribution in [2.24, 2.45) is 0 Å². The molecule has 0 saturated carbocycles. The van der Waals surface area contributed by atoms with Gasteiger partial charge in [-0.05, 0) is 36.4 Å². The van der Waals surface area contributed by atoms with Gasteiger partial charge in [0.05, 0.1) is 17.3 Å². The third-order valence-corrected chi connectivity index (χ3v) is 2.93. The van der Waals surface area contributed by atoms with E-state index in [-0.39, 0.29) is 0 Å². The van der Waals surface area contributed by atoms with Gasteiger partial charge in [0, 0.05) is 5.69 Å². The van der Waals surface area contributed by atoms with Crippen LogP contribution in [0.1, 0.15) is 12.0 Å². The van der Waals surface area contributed by atoms with Crippen molar-refractivity contribution in [1.82, 2.24) is 0 Å². The Morgan fingerprint density at radius 1 is 0.917 bits per heavy atom. The molecule has 0 fully saturated rings. The molecule has 2 N–H and O–H groups in total. The number of nitrogens with one attached hydrogen (secondary N) is 2. The van der Waals surface area contributed by atoms with Gasteiger partial charge >= 0.3 is 0 Å². The lowest BCUT2D eigenvalue weighted by Crippen LogP contribution is -2.22. The molecule has 2 rings (SSSR count). The van der Waals surface area contributed by atoms with Gasteiger partial charge in [0.1, 0.15) is 6.42 Å². The fraction of sp³-hybridized carbons (Fsp3) is 0.0625. The second-order valence-corrected chi connectivity index (χ2v) is 4.69. The zero-order valence-corrected chi connectivity index (χ0v) is 12.1. The highest BCUT2D eigenvalue weighted by molar-refractivity contribution is 6.08. The summed E-state index contributed by atoms with van der Waals surface area (Å²) in [6, 6.07) is 9.33. The summed E-state index contributed by atoms with van der Waals surface area (Å²) in [6.07, 6.45) is -0.654. The Labute approximate surface area is 134 Å². The predicted molar refractivity (Wildman–Crippen MR) is 79.3 cm³/mol. The van der Waals surface area contributed by atoms with Crippen molar-refractivity contribution in [2.45, 2.75) is 6.42 Å². The SMILES string of the molecule is N#Cc1ccc(NC(=O)CC(=O)Nc2ccc(F)c(F)c2F)cc1. The van der Waals surface area contributed by atoms with Crippen molar-refractivity contribution in [3.8, 4) is 6.07 Å². The summed E-state index contributed by atoms with van der Waals surface area (Å²) in [6.45, 7) is 0. The molecule has 2 aromatic rings. The molecule has 0 aliphatic rings. The number of nitrogens with zero attached hydrogens (tertiary/aromatic N) is 1. The van der Waals surface area contributed by atoms with Crippen LogP contribution in [-0.2, 0) is 9.59 Å². The van der Waals surface area contributed by atoms with E-state index in [0.29, 0.717) is 17.3 Å². The first kappa shape index (κ1) is 17.0. The van der Waals surface area contributed by atoms with E-state index in [9.17, 15) is 22.8 Å². The van der Waals surface area contributed by atoms with Crippen molar-refractivity contribution >= 4 is 23.2 Å². The highest BCUT2D eigenvalue weighted by atomic mass is 19.2. The van der Waals surface area contributed by atoms with E-state index in [0.717, 1.165) is 6.07 Å². The third-order valence-electron chi connectivity index (χ3n) is 2.93. The minimum atomic E-state index is -1.71. The number of anilines is 2. The summed E-state index contributed by atoms with van der Waals surface area (Å²) >= 11 is 0. The van der Waals surface area contributed by atoms with Crippen molar-refractivity contribution in [1.29, 1.82) is 5.26 Å². The lowest BCUT2D eigenvalue weighted by molar-refractivity contribution is -0.123. The molecular formula is C16H10F3N3O2. The van der Waals surface area contributed by atoms with Gasteiger partial charge in [0.15, 0.2) is 17.5 Å². The molecule has 122 valence electrons. The Morgan fingerprint density at radius 2 is 1.54 bits per heavy atom. The minimum absolute atomic E-state index is 0.366. The topological polar surface area (TPSA) is 82.0 Å². The zero-order valence-electron chi connectivity index (χ0n) is 12.1. The van der Waals surface area contributed by atoms with Crippen molar-refractivity contribution in [2.75, 3.05) is 10.6 Å². The second kappa shape index (κ2) is 7.28. The van der Waals surface area contributed by atoms with Crippen molar-refractivity contribution in [3.63, 3.8) is 0 Å². The smallest absolute Gasteiger partial charge is 0.233 e. The molecule has 24 heavy (non-hydrogen) atoms. The maximum absolute atomic E-state index is 13.4. The van der Waals surface area contributed by atoms with E-state index in [4.69, 9.17) is 5.26 Å². The average molecular weight is 333 g/mol. The number of amides is 2. The lowest BCUT2D eigenvalue weighted by atomic mass is 10.2. The van der Waals surface area contributed by atoms with Gasteiger partial charge in [-0.1, -0.05) is 0 Å². The van der Waals surface area contributed by atoms with E-state index >= 15 is 0 Å². The summed E-state index contributed by atoms with van der Waals surface area (Å²) in [4.78, 5) is 23.4. The van der Waals surface area contributed by atoms with E-state index in [2.05, 4.69) is 5.32 Å². The van der Waals surface area contributed by atoms with Crippen LogP contribution in [0.25, 0.3) is 0 Å². The number of carbonyl (C=O) groups excluding carboxylic acids is 2. The Morgan fingerprint density at radius 3 is 2.17 bits per heavy atom. The summed E-state index contributed by atoms with van der Waals surface area (Å²) < 4.78 is 39.3. The fourth-order valence-electron chi connectivity index (χ4n) is 1.80. The number of rotatable bonds is 4. The lowest BCUT2D eigenvalue weighted by Gasteiger charge is -2.08. The van der Waals surface area contributed by atoms with Crippen molar-refractivity contribution < 1.29 is 22.8 Å². The number of hydrogen-bond acceptors (Lipinski definition) is 3. The molecule has 2 aromatic carbocycles. The molecule has 0 atom stereocenters. The van der Waals surface area contributed by atoms with E-state index in [1.807, 2.05) is 11.4 Å². The highest BCUT2D eigenvalue weighted by Crippen LogP contribution is 2.19. The molecule has 5 nitrogen and oxygen atoms in total. The van der Waals surface area contributed by atoms with Gasteiger partial charge in [-0.15, -0.1) is 0 Å². The number of benzene rings is 2. The molecule has 0 unspecified atom stereocenters. The maximum atomic E-state index is 13.4. The molecule has 2 amide bonds. The number of halogens is 3. The molecule has 0 radical (unpaired) electrons. The van der Waals surface area contributed by atoms with Crippen LogP contribution in [0.2, 0.25) is 0 Å². The van der Waals surface area contributed by atoms with Crippen LogP contribution in [0.15, 0.2) is 36.4 Å². The Hall–Kier alpha value is -3.34. The first-order valence-electron chi connectivity index (χ1n) is 6.64. The molecule has 0 aromatic heterocycles. The summed E-state index contributed by atoms with van der Waals surface area (Å²) in [5, 5.41) is 13.1. The van der Waals surface area contributed by atoms with Crippen LogP contribution in [0.4, 0.5) is 24.5 Å². The van der Waals surface area contributed by atoms with Crippen LogP contribution in [0, 0.1) is 28.8 Å². The fourth-order valence-corrected chi connectivity index (χ4v) is 1.80. The van der Waals surface area contributed by atoms with Crippen LogP contribution in [-0.4, -0.2) is 11.8 Å². The van der Waals surface area contributed by atoms with Gasteiger partial charge in [-0.2, -0.15) is 5.26 Å². The Balaban J connectivity index is 1.95. The molecule has 0 heterocycles. The van der Waals surface area contributed by atoms with E-state index in [1.165, 1.54) is 24.3 Å². The van der Waals surface area contributed by atoms with E-state index < -0.39 is 41.4 Å². The largest absolute Gasteiger partial charge is 0.326 e. The highest BCUT2D eigenvalue weighted by Gasteiger charge is 2.16. The maximum Gasteiger partial charge on any atom is 0.233 e. The number of carbonyl (C=O) groups is 2. The van der Waals surface area contributed by atoms with Gasteiger partial charge in [0.2, 0.25) is 11.8 Å². The monoisotopic (exact) mass is 333 g/mol. The minimum Gasteiger partial charge on any atom is -0.326 e. The average Bonchev–Trinajstić information content (AvgIpc) is 2.56. The van der Waals surface area contributed by atoms with Crippen LogP contribution in [0.5, 0.6) is 0 Å². The molecule has 0 spiro atoms. The first-order chi connectivity index (χ1) is 11.4. The van der Waals surface area contributed by atoms with Gasteiger partial charge < -0.3 is 10.6 Å². The zero-order chi connectivity index (χ0) is 17.7. The van der Waals surface area contributed by atoms with Gasteiger partial charge in [-0.3, -0.25) is 9.59 Å². The third kappa shape index (κ3) is 4.10. The Bertz CT molecular complexity index is 830. The Kier molecular flexibility index (Phi) is 5.16. The summed E-state index contributed by atoms with van der Waals surface area (Å²) in [5.41, 5.74) is 0.204. The first-order valence-corrected chi connectivity index (χ1v) is 6.64. The quantitative estimate of drug-likeness (QED) is 0.667. The van der Waals surface area contributed by atoms with Gasteiger partial charge in [0.25, 0.3) is 0 Å². The standard InChI is InChI=1S/C16H10F3N3O2/c17-11-5-6-12(16(19)15(11)18)22-14(24)7-13(23)21-10-3-1-9(8-20)2-4-10/h1-6H,7H2,(H,21,23)(H,22,24). The number of nitriles is 1. The molecule has 0 bridgehead atoms. The molecule has 0 aliphatic carbocycles. The van der Waals surface area contributed by atoms with Gasteiger partial charge in [-0.25, -0.2) is 13.2 Å². The predicted octanol–water partition coefficient (Wildman–Crippen LogP) is 2.94. The molecular weight excluding hydrogens is 323 g/mol. The molecule has 0 saturated heterocycles. The second-order valence-electron chi connectivity index (χ2n) is 4.69. The number of hydrogen-bond donors (Lipinski definition) is 2. The molecule has 0 aliphatic heterocycles. The van der Waals surface area contributed by atoms with Crippen LogP contribution < -0.4 is 10.6 Å².